The van der Waals surface area contributed by atoms with E-state index in [1.54, 1.807) is 0 Å². The Balaban J connectivity index is 1.99. The summed E-state index contributed by atoms with van der Waals surface area (Å²) in [6.07, 6.45) is 1.19. The maximum atomic E-state index is 13.1. The molecule has 0 radical (unpaired) electrons. The number of hydrogen-bond donors (Lipinski definition) is 1. The maximum absolute atomic E-state index is 13.1. The highest BCUT2D eigenvalue weighted by Crippen LogP contribution is 2.11. The first kappa shape index (κ1) is 12.9. The quantitative estimate of drug-likeness (QED) is 0.727. The number of nitrogens with one attached hydrogen (secondary N) is 1. The van der Waals surface area contributed by atoms with Crippen LogP contribution in [0.15, 0.2) is 35.4 Å². The van der Waals surface area contributed by atoms with Crippen LogP contribution in [0.3, 0.4) is 0 Å². The van der Waals surface area contributed by atoms with Gasteiger partial charge in [-0.1, -0.05) is 11.3 Å². The number of nitrogens with zero attached hydrogens (tertiary/aromatic N) is 5. The molecule has 0 unspecified atom stereocenters. The largest absolute Gasteiger partial charge is 0.352 e. The van der Waals surface area contributed by atoms with E-state index in [1.807, 2.05) is 0 Å². The van der Waals surface area contributed by atoms with Gasteiger partial charge in [0, 0.05) is 12.7 Å². The molecule has 0 atom stereocenters. The van der Waals surface area contributed by atoms with E-state index in [0.717, 1.165) is 9.08 Å². The highest BCUT2D eigenvalue weighted by molar-refractivity contribution is 6.06. The fourth-order valence-corrected chi connectivity index (χ4v) is 1.80. The van der Waals surface area contributed by atoms with Crippen LogP contribution in [0.5, 0.6) is 0 Å². The Hall–Kier alpha value is -3.10. The van der Waals surface area contributed by atoms with Gasteiger partial charge in [0.2, 0.25) is 0 Å². The van der Waals surface area contributed by atoms with E-state index in [0.29, 0.717) is 0 Å². The summed E-state index contributed by atoms with van der Waals surface area (Å²) in [7, 11) is 1.43. The van der Waals surface area contributed by atoms with Gasteiger partial charge in [-0.2, -0.15) is 4.68 Å². The van der Waals surface area contributed by atoms with Crippen LogP contribution in [0.25, 0.3) is 5.65 Å². The van der Waals surface area contributed by atoms with Gasteiger partial charge in [0.1, 0.15) is 12.1 Å². The van der Waals surface area contributed by atoms with Crippen molar-refractivity contribution in [2.45, 2.75) is 0 Å². The van der Waals surface area contributed by atoms with Gasteiger partial charge < -0.3 is 5.32 Å². The van der Waals surface area contributed by atoms with E-state index in [4.69, 9.17) is 0 Å². The number of anilines is 1. The van der Waals surface area contributed by atoms with Gasteiger partial charge in [-0.05, 0) is 18.2 Å². The number of carbonyl (C=O) groups is 1. The minimum Gasteiger partial charge on any atom is -0.320 e. The Bertz CT molecular complexity index is 900. The lowest BCUT2D eigenvalue weighted by Gasteiger charge is -2.03. The lowest BCUT2D eigenvalue weighted by Crippen LogP contribution is -2.27. The van der Waals surface area contributed by atoms with Gasteiger partial charge in [0.15, 0.2) is 11.3 Å². The van der Waals surface area contributed by atoms with E-state index in [9.17, 15) is 14.0 Å². The normalized spacial score (nSPS) is 10.8. The van der Waals surface area contributed by atoms with Crippen molar-refractivity contribution < 1.29 is 9.18 Å². The summed E-state index contributed by atoms with van der Waals surface area (Å²) in [6, 6.07) is 5.42. The van der Waals surface area contributed by atoms with Crippen LogP contribution in [0, 0.1) is 5.82 Å². The summed E-state index contributed by atoms with van der Waals surface area (Å²) in [5.74, 6) is -1.08. The van der Waals surface area contributed by atoms with Crippen LogP contribution in [-0.4, -0.2) is 30.3 Å². The fraction of sp³-hybridized carbons (Fsp3) is 0.0833. The molecule has 0 aliphatic rings. The molecule has 0 saturated heterocycles. The summed E-state index contributed by atoms with van der Waals surface area (Å²) < 4.78 is 15.2. The van der Waals surface area contributed by atoms with E-state index in [1.165, 1.54) is 37.6 Å². The SMILES string of the molecule is Cn1nnc2c(C(=O)Nc3cccc(F)c3)ncn2c1=O. The molecule has 21 heavy (non-hydrogen) atoms. The molecule has 8 nitrogen and oxygen atoms in total. The molecule has 1 aromatic carbocycles. The van der Waals surface area contributed by atoms with Crippen molar-refractivity contribution >= 4 is 17.2 Å². The molecule has 9 heteroatoms. The number of halogens is 1. The van der Waals surface area contributed by atoms with Crippen molar-refractivity contribution in [2.24, 2.45) is 7.05 Å². The number of amides is 1. The van der Waals surface area contributed by atoms with Crippen LogP contribution in [-0.2, 0) is 7.05 Å². The van der Waals surface area contributed by atoms with E-state index >= 15 is 0 Å². The maximum Gasteiger partial charge on any atom is 0.352 e. The van der Waals surface area contributed by atoms with Crippen LogP contribution in [0.4, 0.5) is 10.1 Å². The zero-order valence-electron chi connectivity index (χ0n) is 10.8. The number of benzene rings is 1. The number of aryl methyl sites for hydroxylation is 1. The van der Waals surface area contributed by atoms with Crippen molar-refractivity contribution in [1.29, 1.82) is 0 Å². The molecule has 2 aromatic heterocycles. The lowest BCUT2D eigenvalue weighted by molar-refractivity contribution is 0.102. The van der Waals surface area contributed by atoms with Crippen LogP contribution >= 0.6 is 0 Å². The van der Waals surface area contributed by atoms with Gasteiger partial charge >= 0.3 is 5.69 Å². The molecule has 3 aromatic rings. The molecule has 106 valence electrons. The number of hydrogen-bond acceptors (Lipinski definition) is 5. The van der Waals surface area contributed by atoms with Crippen molar-refractivity contribution in [3.63, 3.8) is 0 Å². The second-order valence-corrected chi connectivity index (χ2v) is 4.25. The predicted molar refractivity (Wildman–Crippen MR) is 70.4 cm³/mol. The van der Waals surface area contributed by atoms with Gasteiger partial charge in [0.25, 0.3) is 5.91 Å². The van der Waals surface area contributed by atoms with E-state index in [2.05, 4.69) is 20.6 Å². The molecule has 1 N–H and O–H groups in total. The first-order chi connectivity index (χ1) is 10.1. The Morgan fingerprint density at radius 3 is 2.95 bits per heavy atom. The monoisotopic (exact) mass is 288 g/mol. The Morgan fingerprint density at radius 2 is 2.19 bits per heavy atom. The minimum absolute atomic E-state index is 0.0343. The highest BCUT2D eigenvalue weighted by atomic mass is 19.1. The Morgan fingerprint density at radius 1 is 1.38 bits per heavy atom. The molecular weight excluding hydrogens is 279 g/mol. The van der Waals surface area contributed by atoms with Gasteiger partial charge in [-0.25, -0.2) is 18.6 Å². The molecule has 2 heterocycles. The second-order valence-electron chi connectivity index (χ2n) is 4.25. The molecule has 0 aliphatic carbocycles. The zero-order valence-corrected chi connectivity index (χ0v) is 10.8. The smallest absolute Gasteiger partial charge is 0.320 e. The number of carbonyl (C=O) groups excluding carboxylic acids is 1. The van der Waals surface area contributed by atoms with E-state index in [-0.39, 0.29) is 17.0 Å². The highest BCUT2D eigenvalue weighted by Gasteiger charge is 2.17. The summed E-state index contributed by atoms with van der Waals surface area (Å²) in [5.41, 5.74) is -0.230. The number of fused-ring (bicyclic) bond motifs is 1. The van der Waals surface area contributed by atoms with Crippen molar-refractivity contribution in [3.8, 4) is 0 Å². The number of aromatic nitrogens is 5. The first-order valence-electron chi connectivity index (χ1n) is 5.90. The van der Waals surface area contributed by atoms with Crippen LogP contribution in [0.2, 0.25) is 0 Å². The third-order valence-corrected chi connectivity index (χ3v) is 2.80. The summed E-state index contributed by atoms with van der Waals surface area (Å²) in [5, 5.41) is 9.84. The van der Waals surface area contributed by atoms with Crippen LogP contribution < -0.4 is 11.0 Å². The first-order valence-corrected chi connectivity index (χ1v) is 5.90. The average molecular weight is 288 g/mol. The molecule has 0 fully saturated rings. The molecular formula is C12H9FN6O2. The predicted octanol–water partition coefficient (Wildman–Crippen LogP) is 0.214. The van der Waals surface area contributed by atoms with Gasteiger partial charge in [-0.15, -0.1) is 5.10 Å². The average Bonchev–Trinajstić information content (AvgIpc) is 2.87. The van der Waals surface area contributed by atoms with Crippen molar-refractivity contribution in [3.05, 3.63) is 52.6 Å². The van der Waals surface area contributed by atoms with Crippen LogP contribution in [0.1, 0.15) is 10.5 Å². The summed E-state index contributed by atoms with van der Waals surface area (Å²) in [6.45, 7) is 0. The molecule has 0 bridgehead atoms. The lowest BCUT2D eigenvalue weighted by atomic mass is 10.3. The molecule has 3 rings (SSSR count). The van der Waals surface area contributed by atoms with Crippen molar-refractivity contribution in [1.82, 2.24) is 24.4 Å². The summed E-state index contributed by atoms with van der Waals surface area (Å²) in [4.78, 5) is 27.7. The third kappa shape index (κ3) is 2.24. The van der Waals surface area contributed by atoms with Crippen molar-refractivity contribution in [2.75, 3.05) is 5.32 Å². The fourth-order valence-electron chi connectivity index (χ4n) is 1.80. The van der Waals surface area contributed by atoms with Gasteiger partial charge in [-0.3, -0.25) is 4.79 Å². The standard InChI is InChI=1S/C12H9FN6O2/c1-18-12(21)19-6-14-9(10(19)16-17-18)11(20)15-8-4-2-3-7(13)5-8/h2-6H,1H3,(H,15,20). The molecule has 0 aliphatic heterocycles. The summed E-state index contributed by atoms with van der Waals surface area (Å²) >= 11 is 0. The molecule has 0 saturated carbocycles. The third-order valence-electron chi connectivity index (χ3n) is 2.80. The topological polar surface area (TPSA) is 94.2 Å². The zero-order chi connectivity index (χ0) is 15.0. The molecule has 1 amide bonds. The number of rotatable bonds is 2. The Labute approximate surface area is 116 Å². The Kier molecular flexibility index (Phi) is 2.94. The minimum atomic E-state index is -0.606. The van der Waals surface area contributed by atoms with Gasteiger partial charge in [0.05, 0.1) is 0 Å². The molecule has 0 spiro atoms. The number of imidazole rings is 1. The van der Waals surface area contributed by atoms with E-state index < -0.39 is 17.4 Å². The second kappa shape index (κ2) is 4.78.